The molecule has 0 aliphatic rings. The zero-order valence-corrected chi connectivity index (χ0v) is 16.3. The van der Waals surface area contributed by atoms with Crippen LogP contribution in [0.1, 0.15) is 40.3 Å². The van der Waals surface area contributed by atoms with Gasteiger partial charge in [-0.1, -0.05) is 18.2 Å². The lowest BCUT2D eigenvalue weighted by atomic mass is 10.0. The maximum atomic E-state index is 13.1. The van der Waals surface area contributed by atoms with Crippen LogP contribution in [0.4, 0.5) is 11.4 Å². The van der Waals surface area contributed by atoms with E-state index in [4.69, 9.17) is 4.74 Å². The van der Waals surface area contributed by atoms with Gasteiger partial charge in [0.1, 0.15) is 11.4 Å². The van der Waals surface area contributed by atoms with Gasteiger partial charge in [-0.05, 0) is 50.2 Å². The molecule has 6 heteroatoms. The lowest BCUT2D eigenvalue weighted by Crippen LogP contribution is -2.17. The number of carbonyl (C=O) groups is 2. The van der Waals surface area contributed by atoms with Gasteiger partial charge in [0.15, 0.2) is 0 Å². The molecule has 1 heterocycles. The average Bonchev–Trinajstić information content (AvgIpc) is 2.75. The number of benzene rings is 2. The molecule has 0 amide bonds. The molecule has 0 fully saturated rings. The SMILES string of the molecule is CCOc1cc(N(CC)c2ccccc2)ccc1C(=O)c1ncccc1C(=O)O. The quantitative estimate of drug-likeness (QED) is 0.568. The van der Waals surface area contributed by atoms with Crippen molar-refractivity contribution in [1.82, 2.24) is 4.98 Å². The zero-order chi connectivity index (χ0) is 20.8. The third kappa shape index (κ3) is 4.27. The van der Waals surface area contributed by atoms with E-state index in [1.165, 1.54) is 18.3 Å². The Morgan fingerprint density at radius 2 is 1.72 bits per heavy atom. The normalized spacial score (nSPS) is 10.4. The van der Waals surface area contributed by atoms with Gasteiger partial charge in [0, 0.05) is 30.2 Å². The van der Waals surface area contributed by atoms with Crippen LogP contribution in [0.5, 0.6) is 5.75 Å². The van der Waals surface area contributed by atoms with E-state index in [0.29, 0.717) is 12.4 Å². The number of nitrogens with zero attached hydrogens (tertiary/aromatic N) is 2. The van der Waals surface area contributed by atoms with Crippen molar-refractivity contribution < 1.29 is 19.4 Å². The molecule has 6 nitrogen and oxygen atoms in total. The van der Waals surface area contributed by atoms with E-state index < -0.39 is 11.8 Å². The molecule has 3 rings (SSSR count). The Morgan fingerprint density at radius 3 is 2.38 bits per heavy atom. The minimum absolute atomic E-state index is 0.107. The van der Waals surface area contributed by atoms with Gasteiger partial charge >= 0.3 is 5.97 Å². The topological polar surface area (TPSA) is 79.7 Å². The first-order chi connectivity index (χ1) is 14.1. The number of pyridine rings is 1. The van der Waals surface area contributed by atoms with Crippen LogP contribution >= 0.6 is 0 Å². The lowest BCUT2D eigenvalue weighted by Gasteiger charge is -2.24. The number of carboxylic acids is 1. The monoisotopic (exact) mass is 390 g/mol. The van der Waals surface area contributed by atoms with Crippen LogP contribution in [0.2, 0.25) is 0 Å². The molecule has 148 valence electrons. The molecule has 0 saturated carbocycles. The standard InChI is InChI=1S/C23H22N2O4/c1-3-25(16-9-6-5-7-10-16)17-12-13-18(20(15-17)29-4-2)22(26)21-19(23(27)28)11-8-14-24-21/h5-15H,3-4H2,1-2H3,(H,27,28). The highest BCUT2D eigenvalue weighted by Crippen LogP contribution is 2.32. The van der Waals surface area contributed by atoms with Crippen molar-refractivity contribution in [1.29, 1.82) is 0 Å². The van der Waals surface area contributed by atoms with Crippen molar-refractivity contribution in [3.63, 3.8) is 0 Å². The van der Waals surface area contributed by atoms with Crippen molar-refractivity contribution in [2.45, 2.75) is 13.8 Å². The number of ketones is 1. The Morgan fingerprint density at radius 1 is 0.966 bits per heavy atom. The van der Waals surface area contributed by atoms with Gasteiger partial charge in [-0.25, -0.2) is 4.79 Å². The van der Waals surface area contributed by atoms with Crippen molar-refractivity contribution in [2.24, 2.45) is 0 Å². The van der Waals surface area contributed by atoms with Gasteiger partial charge in [-0.15, -0.1) is 0 Å². The summed E-state index contributed by atoms with van der Waals surface area (Å²) < 4.78 is 5.73. The Balaban J connectivity index is 2.05. The molecule has 3 aromatic rings. The molecule has 0 aliphatic heterocycles. The van der Waals surface area contributed by atoms with Crippen LogP contribution in [0.25, 0.3) is 0 Å². The highest BCUT2D eigenvalue weighted by atomic mass is 16.5. The number of carboxylic acid groups (broad SMARTS) is 1. The molecule has 2 aromatic carbocycles. The number of aromatic nitrogens is 1. The Labute approximate surface area is 169 Å². The maximum absolute atomic E-state index is 13.1. The molecule has 0 radical (unpaired) electrons. The van der Waals surface area contributed by atoms with Gasteiger partial charge in [0.25, 0.3) is 0 Å². The van der Waals surface area contributed by atoms with E-state index in [0.717, 1.165) is 17.9 Å². The van der Waals surface area contributed by atoms with Gasteiger partial charge in [-0.2, -0.15) is 0 Å². The van der Waals surface area contributed by atoms with Gasteiger partial charge in [-0.3, -0.25) is 9.78 Å². The summed E-state index contributed by atoms with van der Waals surface area (Å²) in [5.41, 5.74) is 1.93. The second kappa shape index (κ2) is 9.01. The minimum Gasteiger partial charge on any atom is -0.493 e. The summed E-state index contributed by atoms with van der Waals surface area (Å²) in [6.07, 6.45) is 1.41. The summed E-state index contributed by atoms with van der Waals surface area (Å²) in [4.78, 5) is 30.6. The number of para-hydroxylation sites is 1. The Hall–Kier alpha value is -3.67. The number of ether oxygens (including phenoxy) is 1. The van der Waals surface area contributed by atoms with E-state index in [9.17, 15) is 14.7 Å². The first-order valence-electron chi connectivity index (χ1n) is 9.39. The van der Waals surface area contributed by atoms with Crippen LogP contribution in [-0.4, -0.2) is 35.0 Å². The van der Waals surface area contributed by atoms with E-state index in [2.05, 4.69) is 9.88 Å². The summed E-state index contributed by atoms with van der Waals surface area (Å²) in [5.74, 6) is -1.29. The Bertz CT molecular complexity index is 1020. The molecule has 0 unspecified atom stereocenters. The average molecular weight is 390 g/mol. The van der Waals surface area contributed by atoms with Crippen molar-refractivity contribution in [3.05, 3.63) is 83.7 Å². The summed E-state index contributed by atoms with van der Waals surface area (Å²) in [6.45, 7) is 4.97. The van der Waals surface area contributed by atoms with Crippen LogP contribution in [0.15, 0.2) is 66.9 Å². The van der Waals surface area contributed by atoms with E-state index in [1.54, 1.807) is 12.1 Å². The fourth-order valence-corrected chi connectivity index (χ4v) is 3.15. The zero-order valence-electron chi connectivity index (χ0n) is 16.3. The second-order valence-corrected chi connectivity index (χ2v) is 6.23. The molecule has 1 N–H and O–H groups in total. The number of hydrogen-bond acceptors (Lipinski definition) is 5. The lowest BCUT2D eigenvalue weighted by molar-refractivity contribution is 0.0692. The third-order valence-corrected chi connectivity index (χ3v) is 4.46. The molecule has 0 spiro atoms. The number of carbonyl (C=O) groups excluding carboxylic acids is 1. The Kier molecular flexibility index (Phi) is 6.24. The van der Waals surface area contributed by atoms with Crippen molar-refractivity contribution in [3.8, 4) is 5.75 Å². The molecular weight excluding hydrogens is 368 g/mol. The number of hydrogen-bond donors (Lipinski definition) is 1. The molecule has 29 heavy (non-hydrogen) atoms. The smallest absolute Gasteiger partial charge is 0.338 e. The van der Waals surface area contributed by atoms with Crippen molar-refractivity contribution in [2.75, 3.05) is 18.1 Å². The molecule has 1 aromatic heterocycles. The minimum atomic E-state index is -1.20. The predicted molar refractivity (Wildman–Crippen MR) is 111 cm³/mol. The molecule has 0 bridgehead atoms. The highest BCUT2D eigenvalue weighted by Gasteiger charge is 2.23. The van der Waals surface area contributed by atoms with E-state index >= 15 is 0 Å². The van der Waals surface area contributed by atoms with Crippen molar-refractivity contribution >= 4 is 23.1 Å². The summed E-state index contributed by atoms with van der Waals surface area (Å²) in [6, 6.07) is 18.1. The molecule has 0 aliphatic carbocycles. The van der Waals surface area contributed by atoms with Crippen LogP contribution in [-0.2, 0) is 0 Å². The third-order valence-electron chi connectivity index (χ3n) is 4.46. The van der Waals surface area contributed by atoms with E-state index in [1.807, 2.05) is 50.2 Å². The fraction of sp³-hybridized carbons (Fsp3) is 0.174. The fourth-order valence-electron chi connectivity index (χ4n) is 3.15. The van der Waals surface area contributed by atoms with Crippen LogP contribution in [0, 0.1) is 0 Å². The predicted octanol–water partition coefficient (Wildman–Crippen LogP) is 4.57. The molecule has 0 saturated heterocycles. The highest BCUT2D eigenvalue weighted by molar-refractivity contribution is 6.14. The molecule has 0 atom stereocenters. The summed E-state index contributed by atoms with van der Waals surface area (Å²) >= 11 is 0. The van der Waals surface area contributed by atoms with Crippen LogP contribution < -0.4 is 9.64 Å². The largest absolute Gasteiger partial charge is 0.493 e. The summed E-state index contributed by atoms with van der Waals surface area (Å²) in [7, 11) is 0. The number of aromatic carboxylic acids is 1. The second-order valence-electron chi connectivity index (χ2n) is 6.23. The van der Waals surface area contributed by atoms with Gasteiger partial charge in [0.05, 0.1) is 17.7 Å². The first-order valence-corrected chi connectivity index (χ1v) is 9.39. The van der Waals surface area contributed by atoms with Gasteiger partial charge in [0.2, 0.25) is 5.78 Å². The molecular formula is C23H22N2O4. The maximum Gasteiger partial charge on any atom is 0.338 e. The first kappa shape index (κ1) is 20.1. The number of rotatable bonds is 8. The van der Waals surface area contributed by atoms with E-state index in [-0.39, 0.29) is 16.8 Å². The van der Waals surface area contributed by atoms with Crippen LogP contribution in [0.3, 0.4) is 0 Å². The summed E-state index contributed by atoms with van der Waals surface area (Å²) in [5, 5.41) is 9.38. The van der Waals surface area contributed by atoms with Gasteiger partial charge < -0.3 is 14.7 Å². The number of anilines is 2.